The number of aromatic nitrogens is 1. The number of thiophene rings is 1. The maximum Gasteiger partial charge on any atom is 0.260 e. The van der Waals surface area contributed by atoms with E-state index in [1.165, 1.54) is 0 Å². The van der Waals surface area contributed by atoms with E-state index in [2.05, 4.69) is 4.98 Å². The van der Waals surface area contributed by atoms with E-state index in [1.54, 1.807) is 24.3 Å². The number of rotatable bonds is 2. The van der Waals surface area contributed by atoms with E-state index in [0.717, 1.165) is 11.3 Å². The smallest absolute Gasteiger partial charge is 0.260 e. The predicted octanol–water partition coefficient (Wildman–Crippen LogP) is 2.75. The lowest BCUT2D eigenvalue weighted by atomic mass is 9.97. The first kappa shape index (κ1) is 15.1. The molecule has 0 saturated carbocycles. The van der Waals surface area contributed by atoms with Crippen molar-refractivity contribution in [1.29, 1.82) is 5.26 Å². The Hall–Kier alpha value is -2.82. The Morgan fingerprint density at radius 2 is 2.09 bits per heavy atom. The molecule has 8 heteroatoms. The van der Waals surface area contributed by atoms with Crippen LogP contribution in [0.1, 0.15) is 15.2 Å². The summed E-state index contributed by atoms with van der Waals surface area (Å²) in [6.07, 6.45) is 0. The summed E-state index contributed by atoms with van der Waals surface area (Å²) < 4.78 is 0. The minimum Gasteiger partial charge on any atom is -0.397 e. The average molecular weight is 344 g/mol. The first-order chi connectivity index (χ1) is 10.9. The highest BCUT2D eigenvalue weighted by atomic mass is 35.5. The number of fused-ring (bicyclic) bond motifs is 1. The van der Waals surface area contributed by atoms with Gasteiger partial charge in [0.25, 0.3) is 5.91 Å². The number of nitrogens with two attached hydrogens (primary N) is 3. The Morgan fingerprint density at radius 3 is 2.70 bits per heavy atom. The van der Waals surface area contributed by atoms with E-state index in [4.69, 9.17) is 28.8 Å². The number of carbonyl (C=O) groups is 1. The van der Waals surface area contributed by atoms with Crippen molar-refractivity contribution >= 4 is 50.6 Å². The number of pyridine rings is 1. The largest absolute Gasteiger partial charge is 0.397 e. The van der Waals surface area contributed by atoms with Crippen molar-refractivity contribution in [2.24, 2.45) is 5.73 Å². The van der Waals surface area contributed by atoms with Crippen molar-refractivity contribution in [3.8, 4) is 17.2 Å². The monoisotopic (exact) mass is 343 g/mol. The molecule has 0 bridgehead atoms. The van der Waals surface area contributed by atoms with E-state index in [9.17, 15) is 10.1 Å². The third-order valence-corrected chi connectivity index (χ3v) is 4.70. The van der Waals surface area contributed by atoms with E-state index >= 15 is 0 Å². The second-order valence-corrected chi connectivity index (χ2v) is 6.19. The lowest BCUT2D eigenvalue weighted by molar-refractivity contribution is 0.100. The van der Waals surface area contributed by atoms with Crippen LogP contribution in [0.3, 0.4) is 0 Å². The SMILES string of the molecule is N#Cc1c(N)nc2sc(C(N)=O)c(N)c2c1-c1cccc(Cl)c1. The maximum absolute atomic E-state index is 11.5. The standard InChI is InChI=1S/C15H10ClN5OS/c16-7-3-1-2-6(4-7)9-8(5-17)13(19)21-15-10(9)11(18)12(23-15)14(20)22/h1-4H,18H2,(H2,19,21)(H2,20,22). The van der Waals surface area contributed by atoms with Crippen molar-refractivity contribution < 1.29 is 4.79 Å². The van der Waals surface area contributed by atoms with Crippen LogP contribution >= 0.6 is 22.9 Å². The zero-order valence-electron chi connectivity index (χ0n) is 11.6. The van der Waals surface area contributed by atoms with Gasteiger partial charge < -0.3 is 17.2 Å². The molecule has 0 radical (unpaired) electrons. The minimum absolute atomic E-state index is 0.0623. The Bertz CT molecular complexity index is 1010. The summed E-state index contributed by atoms with van der Waals surface area (Å²) in [6, 6.07) is 8.98. The Balaban J connectivity index is 2.51. The molecule has 0 aliphatic carbocycles. The Labute approximate surface area is 140 Å². The van der Waals surface area contributed by atoms with Gasteiger partial charge in [-0.3, -0.25) is 4.79 Å². The number of carbonyl (C=O) groups excluding carboxylic acids is 1. The Morgan fingerprint density at radius 1 is 1.35 bits per heavy atom. The molecule has 0 aliphatic rings. The molecule has 23 heavy (non-hydrogen) atoms. The summed E-state index contributed by atoms with van der Waals surface area (Å²) >= 11 is 7.09. The molecule has 0 unspecified atom stereocenters. The van der Waals surface area contributed by atoms with Gasteiger partial charge in [0.2, 0.25) is 0 Å². The molecule has 0 atom stereocenters. The number of halogens is 1. The fourth-order valence-electron chi connectivity index (χ4n) is 2.40. The molecular formula is C15H10ClN5OS. The number of hydrogen-bond acceptors (Lipinski definition) is 6. The summed E-state index contributed by atoms with van der Waals surface area (Å²) in [5.41, 5.74) is 18.8. The number of nitrogen functional groups attached to an aromatic ring is 2. The third-order valence-electron chi connectivity index (χ3n) is 3.35. The molecule has 1 amide bonds. The normalized spacial score (nSPS) is 10.6. The molecule has 6 N–H and O–H groups in total. The molecule has 0 aliphatic heterocycles. The first-order valence-corrected chi connectivity index (χ1v) is 7.60. The molecule has 0 saturated heterocycles. The van der Waals surface area contributed by atoms with Gasteiger partial charge in [-0.05, 0) is 17.7 Å². The van der Waals surface area contributed by atoms with Crippen LogP contribution in [0.4, 0.5) is 11.5 Å². The number of nitrogens with zero attached hydrogens (tertiary/aromatic N) is 2. The number of hydrogen-bond donors (Lipinski definition) is 3. The number of amides is 1. The van der Waals surface area contributed by atoms with Crippen LogP contribution in [0.25, 0.3) is 21.3 Å². The number of benzene rings is 1. The van der Waals surface area contributed by atoms with Gasteiger partial charge in [0.1, 0.15) is 27.2 Å². The average Bonchev–Trinajstić information content (AvgIpc) is 2.82. The van der Waals surface area contributed by atoms with Gasteiger partial charge in [-0.2, -0.15) is 5.26 Å². The number of primary amides is 1. The number of nitriles is 1. The van der Waals surface area contributed by atoms with Crippen molar-refractivity contribution in [1.82, 2.24) is 4.98 Å². The molecule has 0 spiro atoms. The molecule has 2 heterocycles. The molecule has 3 aromatic rings. The van der Waals surface area contributed by atoms with E-state index < -0.39 is 5.91 Å². The van der Waals surface area contributed by atoms with Gasteiger partial charge in [0, 0.05) is 16.0 Å². The third kappa shape index (κ3) is 2.34. The minimum atomic E-state index is -0.653. The van der Waals surface area contributed by atoms with Crippen LogP contribution in [0, 0.1) is 11.3 Å². The predicted molar refractivity (Wildman–Crippen MR) is 92.1 cm³/mol. The topological polar surface area (TPSA) is 132 Å². The molecule has 0 fully saturated rings. The van der Waals surface area contributed by atoms with Gasteiger partial charge >= 0.3 is 0 Å². The van der Waals surface area contributed by atoms with E-state index in [0.29, 0.717) is 26.4 Å². The highest BCUT2D eigenvalue weighted by Crippen LogP contribution is 2.42. The fraction of sp³-hybridized carbons (Fsp3) is 0. The second kappa shape index (κ2) is 5.43. The van der Waals surface area contributed by atoms with Crippen LogP contribution in [-0.2, 0) is 0 Å². The fourth-order valence-corrected chi connectivity index (χ4v) is 3.55. The number of anilines is 2. The highest BCUT2D eigenvalue weighted by molar-refractivity contribution is 7.21. The summed E-state index contributed by atoms with van der Waals surface area (Å²) in [5, 5.41) is 10.4. The lowest BCUT2D eigenvalue weighted by Gasteiger charge is -2.09. The molecule has 2 aromatic heterocycles. The van der Waals surface area contributed by atoms with Crippen LogP contribution in [0.5, 0.6) is 0 Å². The van der Waals surface area contributed by atoms with Crippen molar-refractivity contribution in [2.45, 2.75) is 0 Å². The zero-order chi connectivity index (χ0) is 16.7. The van der Waals surface area contributed by atoms with Crippen LogP contribution < -0.4 is 17.2 Å². The van der Waals surface area contributed by atoms with Crippen molar-refractivity contribution in [3.63, 3.8) is 0 Å². The Kier molecular flexibility index (Phi) is 3.56. The maximum atomic E-state index is 11.5. The van der Waals surface area contributed by atoms with Crippen LogP contribution in [-0.4, -0.2) is 10.9 Å². The van der Waals surface area contributed by atoms with Crippen LogP contribution in [0.2, 0.25) is 5.02 Å². The molecule has 3 rings (SSSR count). The quantitative estimate of drug-likeness (QED) is 0.658. The molecule has 6 nitrogen and oxygen atoms in total. The second-order valence-electron chi connectivity index (χ2n) is 4.76. The van der Waals surface area contributed by atoms with Gasteiger partial charge in [-0.15, -0.1) is 11.3 Å². The van der Waals surface area contributed by atoms with Crippen molar-refractivity contribution in [2.75, 3.05) is 11.5 Å². The van der Waals surface area contributed by atoms with Gasteiger partial charge in [0.05, 0.1) is 5.69 Å². The van der Waals surface area contributed by atoms with Gasteiger partial charge in [-0.25, -0.2) is 4.98 Å². The zero-order valence-corrected chi connectivity index (χ0v) is 13.2. The van der Waals surface area contributed by atoms with E-state index in [1.807, 2.05) is 6.07 Å². The van der Waals surface area contributed by atoms with Crippen LogP contribution in [0.15, 0.2) is 24.3 Å². The summed E-state index contributed by atoms with van der Waals surface area (Å²) in [5.74, 6) is -0.591. The van der Waals surface area contributed by atoms with Gasteiger partial charge in [-0.1, -0.05) is 23.7 Å². The molecular weight excluding hydrogens is 334 g/mol. The molecule has 1 aromatic carbocycles. The van der Waals surface area contributed by atoms with E-state index in [-0.39, 0.29) is 21.9 Å². The summed E-state index contributed by atoms with van der Waals surface area (Å²) in [6.45, 7) is 0. The summed E-state index contributed by atoms with van der Waals surface area (Å²) in [7, 11) is 0. The van der Waals surface area contributed by atoms with Crippen molar-refractivity contribution in [3.05, 3.63) is 39.7 Å². The van der Waals surface area contributed by atoms with Gasteiger partial charge in [0.15, 0.2) is 0 Å². The highest BCUT2D eigenvalue weighted by Gasteiger charge is 2.23. The lowest BCUT2D eigenvalue weighted by Crippen LogP contribution is -2.10. The molecule has 114 valence electrons. The first-order valence-electron chi connectivity index (χ1n) is 6.41. The summed E-state index contributed by atoms with van der Waals surface area (Å²) in [4.78, 5) is 16.3.